The van der Waals surface area contributed by atoms with Crippen molar-refractivity contribution in [2.24, 2.45) is 14.1 Å². The molecule has 382 valence electrons. The lowest BCUT2D eigenvalue weighted by Crippen LogP contribution is -2.46. The minimum Gasteiger partial charge on any atom is -0.493 e. The summed E-state index contributed by atoms with van der Waals surface area (Å²) in [6, 6.07) is 28.8. The Bertz CT molecular complexity index is 2740. The largest absolute Gasteiger partial charge is 0.493 e. The first-order valence-corrected chi connectivity index (χ1v) is 25.2. The quantitative estimate of drug-likeness (QED) is 0.0829. The molecule has 0 bridgehead atoms. The Labute approximate surface area is 432 Å². The second kappa shape index (κ2) is 25.1. The Morgan fingerprint density at radius 2 is 1.01 bits per heavy atom. The number of rotatable bonds is 14. The number of carbonyl (C=O) groups is 3. The molecule has 0 radical (unpaired) electrons. The maximum absolute atomic E-state index is 12.8. The van der Waals surface area contributed by atoms with Crippen LogP contribution in [0.25, 0.3) is 22.5 Å². The lowest BCUT2D eigenvalue weighted by molar-refractivity contribution is 0.00742. The van der Waals surface area contributed by atoms with Gasteiger partial charge in [-0.05, 0) is 170 Å². The third-order valence-corrected chi connectivity index (χ3v) is 13.0. The monoisotopic (exact) mass is 1020 g/mol. The molecule has 0 aliphatic carbocycles. The topological polar surface area (TPSA) is 169 Å². The van der Waals surface area contributed by atoms with Crippen LogP contribution in [0.2, 0.25) is 10.0 Å². The van der Waals surface area contributed by atoms with Crippen molar-refractivity contribution in [3.8, 4) is 34.0 Å². The number of benzene rings is 4. The van der Waals surface area contributed by atoms with E-state index in [-0.39, 0.29) is 24.2 Å². The number of anilines is 4. The van der Waals surface area contributed by atoms with Crippen molar-refractivity contribution in [2.45, 2.75) is 89.8 Å². The normalized spacial score (nSPS) is 15.9. The molecule has 2 aromatic heterocycles. The molecule has 16 nitrogen and oxygen atoms in total. The summed E-state index contributed by atoms with van der Waals surface area (Å²) in [5.41, 5.74) is 5.48. The molecule has 4 aromatic carbocycles. The number of nitrogens with zero attached hydrogens (tertiary/aromatic N) is 6. The highest BCUT2D eigenvalue weighted by molar-refractivity contribution is 6.31. The first-order valence-electron chi connectivity index (χ1n) is 24.5. The fourth-order valence-electron chi connectivity index (χ4n) is 8.78. The molecule has 72 heavy (non-hydrogen) atoms. The van der Waals surface area contributed by atoms with Gasteiger partial charge in [0, 0.05) is 95.5 Å². The summed E-state index contributed by atoms with van der Waals surface area (Å²) in [6.45, 7) is 8.57. The van der Waals surface area contributed by atoms with Crippen LogP contribution in [0.1, 0.15) is 72.1 Å². The second-order valence-electron chi connectivity index (χ2n) is 19.0. The highest BCUT2D eigenvalue weighted by atomic mass is 35.5. The van der Waals surface area contributed by atoms with Gasteiger partial charge in [0.1, 0.15) is 17.1 Å². The summed E-state index contributed by atoms with van der Waals surface area (Å²) in [4.78, 5) is 42.1. The van der Waals surface area contributed by atoms with Crippen LogP contribution in [0.5, 0.6) is 11.5 Å². The summed E-state index contributed by atoms with van der Waals surface area (Å²) < 4.78 is 21.7. The number of aromatic nitrogens is 4. The number of ether oxygens (including phenoxy) is 3. The van der Waals surface area contributed by atoms with Gasteiger partial charge in [0.15, 0.2) is 0 Å². The summed E-state index contributed by atoms with van der Waals surface area (Å²) >= 11 is 11.8. The fraction of sp³-hybridized carbons (Fsp3) is 0.389. The molecule has 4 N–H and O–H groups in total. The van der Waals surface area contributed by atoms with Gasteiger partial charge in [-0.15, -0.1) is 0 Å². The number of amides is 5. The average Bonchev–Trinajstić information content (AvgIpc) is 3.98. The minimum atomic E-state index is -0.533. The summed E-state index contributed by atoms with van der Waals surface area (Å²) in [7, 11) is 5.94. The number of halogens is 2. The molecule has 18 heteroatoms. The van der Waals surface area contributed by atoms with E-state index in [2.05, 4.69) is 43.4 Å². The van der Waals surface area contributed by atoms with Gasteiger partial charge in [0.05, 0.1) is 24.6 Å². The van der Waals surface area contributed by atoms with Crippen LogP contribution >= 0.6 is 23.2 Å². The van der Waals surface area contributed by atoms with Crippen LogP contribution in [-0.4, -0.2) is 98.6 Å². The average molecular weight is 1020 g/mol. The van der Waals surface area contributed by atoms with Crippen molar-refractivity contribution in [1.29, 1.82) is 0 Å². The van der Waals surface area contributed by atoms with E-state index in [4.69, 9.17) is 37.4 Å². The molecular formula is C54H66Cl2N10O6. The van der Waals surface area contributed by atoms with Gasteiger partial charge in [-0.2, -0.15) is 10.2 Å². The number of piperidine rings is 2. The van der Waals surface area contributed by atoms with Crippen LogP contribution in [0, 0.1) is 0 Å². The molecule has 8 rings (SSSR count). The minimum absolute atomic E-state index is 0.0613. The van der Waals surface area contributed by atoms with E-state index in [0.29, 0.717) is 70.8 Å². The predicted octanol–water partition coefficient (Wildman–Crippen LogP) is 12.6. The van der Waals surface area contributed by atoms with Gasteiger partial charge in [-0.1, -0.05) is 29.6 Å². The smallest absolute Gasteiger partial charge is 0.410 e. The van der Waals surface area contributed by atoms with Crippen LogP contribution in [-0.2, 0) is 18.8 Å². The van der Waals surface area contributed by atoms with Gasteiger partial charge in [0.25, 0.3) is 0 Å². The Kier molecular flexibility index (Phi) is 18.5. The summed E-state index contributed by atoms with van der Waals surface area (Å²) in [5, 5.41) is 21.2. The molecule has 0 saturated carbocycles. The van der Waals surface area contributed by atoms with Crippen LogP contribution < -0.4 is 30.7 Å². The number of nitrogens with one attached hydrogen (secondary N) is 4. The molecule has 2 aliphatic heterocycles. The van der Waals surface area contributed by atoms with Crippen molar-refractivity contribution >= 4 is 64.1 Å². The maximum atomic E-state index is 12.8. The number of likely N-dealkylation sites (tertiary alicyclic amines) is 2. The number of hydrogen-bond donors (Lipinski definition) is 4. The maximum Gasteiger partial charge on any atom is 0.410 e. The van der Waals surface area contributed by atoms with Crippen LogP contribution in [0.3, 0.4) is 0 Å². The van der Waals surface area contributed by atoms with E-state index in [1.165, 1.54) is 19.3 Å². The van der Waals surface area contributed by atoms with Crippen molar-refractivity contribution in [3.63, 3.8) is 0 Å². The number of urea groups is 2. The van der Waals surface area contributed by atoms with Gasteiger partial charge in [-0.25, -0.2) is 14.4 Å². The van der Waals surface area contributed by atoms with Crippen molar-refractivity contribution in [1.82, 2.24) is 29.4 Å². The summed E-state index contributed by atoms with van der Waals surface area (Å²) in [5.74, 6) is 1.45. The van der Waals surface area contributed by atoms with E-state index in [1.54, 1.807) is 76.4 Å². The van der Waals surface area contributed by atoms with E-state index in [9.17, 15) is 14.4 Å². The van der Waals surface area contributed by atoms with E-state index in [1.807, 2.05) is 82.2 Å². The van der Waals surface area contributed by atoms with Gasteiger partial charge in [0.2, 0.25) is 0 Å². The van der Waals surface area contributed by atoms with Gasteiger partial charge < -0.3 is 45.3 Å². The van der Waals surface area contributed by atoms with Crippen LogP contribution in [0.15, 0.2) is 109 Å². The molecule has 0 unspecified atom stereocenters. The van der Waals surface area contributed by atoms with Gasteiger partial charge >= 0.3 is 18.2 Å². The first kappa shape index (κ1) is 53.1. The molecule has 4 heterocycles. The molecule has 2 fully saturated rings. The zero-order valence-corrected chi connectivity index (χ0v) is 43.4. The van der Waals surface area contributed by atoms with E-state index < -0.39 is 5.60 Å². The molecule has 6 aromatic rings. The third-order valence-electron chi connectivity index (χ3n) is 12.5. The molecule has 2 aliphatic rings. The number of hydrogen-bond acceptors (Lipinski definition) is 9. The molecule has 2 saturated heterocycles. The number of aryl methyl sites for hydroxylation is 2. The summed E-state index contributed by atoms with van der Waals surface area (Å²) in [6.07, 6.45) is 11.6. The predicted molar refractivity (Wildman–Crippen MR) is 287 cm³/mol. The van der Waals surface area contributed by atoms with E-state index >= 15 is 0 Å². The lowest BCUT2D eigenvalue weighted by Gasteiger charge is -2.36. The standard InChI is InChI=1S/C29H36ClN5O4.C25H30ClN5O2/c1-29(2,3)39-28(37)35-17-6-5-7-23(35)15-18-38-26-13-12-22(19-24(26)25-14-16-31-34(25)4)33-27(36)32-21-10-8-20(30)9-11-21;1-30-15-4-3-5-21(30)13-16-33-24-11-10-20(17-22(24)23-12-14-27-31(23)2)29-25(32)28-19-8-6-18(26)7-9-19/h8-14,16,19,23H,5-7,15,17-18H2,1-4H3,(H2,32,33,36);6-12,14,17,21H,3-5,13,15-16H2,1-2H3,(H2,28,29,32)/t23-;21-/m11/s1. The Hall–Kier alpha value is -6.75. The highest BCUT2D eigenvalue weighted by Gasteiger charge is 2.30. The zero-order chi connectivity index (χ0) is 51.2. The highest BCUT2D eigenvalue weighted by Crippen LogP contribution is 2.35. The Morgan fingerprint density at radius 3 is 1.46 bits per heavy atom. The Morgan fingerprint density at radius 1 is 0.583 bits per heavy atom. The fourth-order valence-corrected chi connectivity index (χ4v) is 9.03. The van der Waals surface area contributed by atoms with Crippen molar-refractivity contribution in [3.05, 3.63) is 120 Å². The molecule has 2 atom stereocenters. The molecule has 0 spiro atoms. The third kappa shape index (κ3) is 15.4. The first-order chi connectivity index (χ1) is 34.6. The van der Waals surface area contributed by atoms with Gasteiger partial charge in [-0.3, -0.25) is 9.36 Å². The van der Waals surface area contributed by atoms with Crippen molar-refractivity contribution in [2.75, 3.05) is 54.6 Å². The lowest BCUT2D eigenvalue weighted by atomic mass is 10.00. The molecule has 5 amide bonds. The molecular weight excluding hydrogens is 956 g/mol. The SMILES string of the molecule is CN1CCCC[C@@H]1CCOc1ccc(NC(=O)Nc2ccc(Cl)cc2)cc1-c1ccnn1C.Cn1nccc1-c1cc(NC(=O)Nc2ccc(Cl)cc2)ccc1OCC[C@H]1CCCCN1C(=O)OC(C)(C)C. The second-order valence-corrected chi connectivity index (χ2v) is 19.9. The number of carbonyl (C=O) groups excluding carboxylic acids is 3. The van der Waals surface area contributed by atoms with Crippen LogP contribution in [0.4, 0.5) is 37.1 Å². The van der Waals surface area contributed by atoms with Crippen molar-refractivity contribution < 1.29 is 28.6 Å². The Balaban J connectivity index is 0.000000214. The van der Waals surface area contributed by atoms with E-state index in [0.717, 1.165) is 60.5 Å². The zero-order valence-electron chi connectivity index (χ0n) is 41.9.